The zero-order valence-corrected chi connectivity index (χ0v) is 26.6. The van der Waals surface area contributed by atoms with Crippen LogP contribution in [-0.4, -0.2) is 14.5 Å². The summed E-state index contributed by atoms with van der Waals surface area (Å²) in [4.78, 5) is 9.38. The van der Waals surface area contributed by atoms with E-state index in [0.717, 1.165) is 21.8 Å². The van der Waals surface area contributed by atoms with E-state index in [1.165, 1.54) is 71.6 Å². The molecule has 10 rings (SSSR count). The van der Waals surface area contributed by atoms with Crippen molar-refractivity contribution >= 4 is 54.4 Å². The molecule has 0 unspecified atom stereocenters. The van der Waals surface area contributed by atoms with Crippen LogP contribution in [-0.2, 0) is 0 Å². The highest BCUT2D eigenvalue weighted by Crippen LogP contribution is 2.37. The van der Waals surface area contributed by atoms with Crippen LogP contribution in [0.5, 0.6) is 0 Å². The van der Waals surface area contributed by atoms with Gasteiger partial charge in [0.1, 0.15) is 0 Å². The molecule has 3 nitrogen and oxygen atoms in total. The van der Waals surface area contributed by atoms with Crippen molar-refractivity contribution in [3.05, 3.63) is 176 Å². The van der Waals surface area contributed by atoms with Crippen LogP contribution in [0.25, 0.3) is 93.5 Å². The van der Waals surface area contributed by atoms with Crippen molar-refractivity contribution in [2.75, 3.05) is 0 Å². The van der Waals surface area contributed by atoms with Gasteiger partial charge in [-0.05, 0) is 80.6 Å². The van der Waals surface area contributed by atoms with E-state index >= 15 is 0 Å². The van der Waals surface area contributed by atoms with Crippen molar-refractivity contribution in [1.29, 1.82) is 0 Å². The predicted molar refractivity (Wildman–Crippen MR) is 205 cm³/mol. The molecule has 0 atom stereocenters. The first kappa shape index (κ1) is 27.5. The Morgan fingerprint density at radius 1 is 0.306 bits per heavy atom. The zero-order chi connectivity index (χ0) is 32.3. The molecule has 2 heterocycles. The topological polar surface area (TPSA) is 30.7 Å². The molecule has 8 aromatic carbocycles. The average molecular weight is 624 g/mol. The Morgan fingerprint density at radius 2 is 0.755 bits per heavy atom. The van der Waals surface area contributed by atoms with Crippen LogP contribution in [0.3, 0.4) is 0 Å². The van der Waals surface area contributed by atoms with Crippen LogP contribution in [0.4, 0.5) is 0 Å². The van der Waals surface area contributed by atoms with Gasteiger partial charge in [-0.2, -0.15) is 0 Å². The van der Waals surface area contributed by atoms with Gasteiger partial charge in [0.15, 0.2) is 0 Å². The van der Waals surface area contributed by atoms with Gasteiger partial charge in [0.05, 0.1) is 22.1 Å². The largest absolute Gasteiger partial charge is 0.309 e. The predicted octanol–water partition coefficient (Wildman–Crippen LogP) is 12.0. The Morgan fingerprint density at radius 3 is 1.41 bits per heavy atom. The van der Waals surface area contributed by atoms with E-state index in [0.29, 0.717) is 0 Å². The van der Waals surface area contributed by atoms with Crippen LogP contribution in [0.15, 0.2) is 176 Å². The highest BCUT2D eigenvalue weighted by molar-refractivity contribution is 6.23. The van der Waals surface area contributed by atoms with Gasteiger partial charge < -0.3 is 4.57 Å². The lowest BCUT2D eigenvalue weighted by molar-refractivity contribution is 1.18. The monoisotopic (exact) mass is 623 g/mol. The minimum absolute atomic E-state index is 0.945. The molecule has 228 valence electrons. The molecular weight excluding hydrogens is 595 g/mol. The highest BCUT2D eigenvalue weighted by Gasteiger charge is 2.14. The Labute approximate surface area is 283 Å². The smallest absolute Gasteiger partial charge is 0.0971 e. The number of hydrogen-bond acceptors (Lipinski definition) is 2. The fourth-order valence-corrected chi connectivity index (χ4v) is 7.53. The highest BCUT2D eigenvalue weighted by atomic mass is 15.0. The first-order valence-electron chi connectivity index (χ1n) is 16.7. The first-order valence-corrected chi connectivity index (χ1v) is 16.7. The lowest BCUT2D eigenvalue weighted by atomic mass is 9.94. The van der Waals surface area contributed by atoms with Crippen molar-refractivity contribution in [1.82, 2.24) is 14.5 Å². The van der Waals surface area contributed by atoms with Gasteiger partial charge in [0, 0.05) is 39.6 Å². The SMILES string of the molecule is c1ccc(-n2c3ccccc3c3cc(-c4ccc(-c5ccc(-c6ccc7c(c6)c6ccccc6c6nccnc76)cc5)cc4)ccc32)cc1. The maximum atomic E-state index is 4.71. The van der Waals surface area contributed by atoms with E-state index in [4.69, 9.17) is 4.98 Å². The first-order chi connectivity index (χ1) is 24.3. The van der Waals surface area contributed by atoms with Crippen molar-refractivity contribution < 1.29 is 0 Å². The van der Waals surface area contributed by atoms with Crippen molar-refractivity contribution in [3.8, 4) is 39.1 Å². The molecule has 0 spiro atoms. The Hall–Kier alpha value is -6.58. The molecule has 0 aliphatic rings. The summed E-state index contributed by atoms with van der Waals surface area (Å²) in [6.07, 6.45) is 3.55. The number of rotatable bonds is 4. The number of fused-ring (bicyclic) bond motifs is 9. The zero-order valence-electron chi connectivity index (χ0n) is 26.6. The molecule has 2 aromatic heterocycles. The van der Waals surface area contributed by atoms with E-state index in [1.54, 1.807) is 12.4 Å². The summed E-state index contributed by atoms with van der Waals surface area (Å²) >= 11 is 0. The van der Waals surface area contributed by atoms with Crippen LogP contribution >= 0.6 is 0 Å². The molecule has 0 radical (unpaired) electrons. The number of hydrogen-bond donors (Lipinski definition) is 0. The number of benzene rings is 8. The number of para-hydroxylation sites is 2. The van der Waals surface area contributed by atoms with Crippen molar-refractivity contribution in [2.24, 2.45) is 0 Å². The second kappa shape index (κ2) is 11.0. The maximum absolute atomic E-state index is 4.71. The summed E-state index contributed by atoms with van der Waals surface area (Å²) in [5.41, 5.74) is 12.7. The molecule has 0 aliphatic carbocycles. The van der Waals surface area contributed by atoms with E-state index in [2.05, 4.69) is 173 Å². The molecule has 0 bridgehead atoms. The van der Waals surface area contributed by atoms with Gasteiger partial charge in [-0.3, -0.25) is 9.97 Å². The van der Waals surface area contributed by atoms with Crippen LogP contribution in [0, 0.1) is 0 Å². The molecule has 10 aromatic rings. The van der Waals surface area contributed by atoms with Crippen LogP contribution < -0.4 is 0 Å². The van der Waals surface area contributed by atoms with Gasteiger partial charge in [-0.25, -0.2) is 0 Å². The number of aromatic nitrogens is 3. The fourth-order valence-electron chi connectivity index (χ4n) is 7.53. The second-order valence-corrected chi connectivity index (χ2v) is 12.6. The minimum atomic E-state index is 0.945. The van der Waals surface area contributed by atoms with E-state index < -0.39 is 0 Å². The molecule has 49 heavy (non-hydrogen) atoms. The molecular formula is C46H29N3. The minimum Gasteiger partial charge on any atom is -0.309 e. The summed E-state index contributed by atoms with van der Waals surface area (Å²) < 4.78 is 2.36. The second-order valence-electron chi connectivity index (χ2n) is 12.6. The molecule has 0 aliphatic heterocycles. The van der Waals surface area contributed by atoms with Gasteiger partial charge >= 0.3 is 0 Å². The van der Waals surface area contributed by atoms with Gasteiger partial charge in [-0.15, -0.1) is 0 Å². The molecule has 0 saturated carbocycles. The van der Waals surface area contributed by atoms with E-state index in [9.17, 15) is 0 Å². The average Bonchev–Trinajstić information content (AvgIpc) is 3.52. The van der Waals surface area contributed by atoms with Gasteiger partial charge in [-0.1, -0.05) is 127 Å². The lowest BCUT2D eigenvalue weighted by Gasteiger charge is -2.11. The summed E-state index contributed by atoms with van der Waals surface area (Å²) in [7, 11) is 0. The third-order valence-corrected chi connectivity index (χ3v) is 9.90. The maximum Gasteiger partial charge on any atom is 0.0971 e. The molecule has 0 saturated heterocycles. The van der Waals surface area contributed by atoms with Gasteiger partial charge in [0.2, 0.25) is 0 Å². The third kappa shape index (κ3) is 4.44. The van der Waals surface area contributed by atoms with Crippen LogP contribution in [0.1, 0.15) is 0 Å². The molecule has 3 heteroatoms. The van der Waals surface area contributed by atoms with E-state index in [1.807, 2.05) is 0 Å². The number of nitrogens with zero attached hydrogens (tertiary/aromatic N) is 3. The van der Waals surface area contributed by atoms with Crippen molar-refractivity contribution in [3.63, 3.8) is 0 Å². The Kier molecular flexibility index (Phi) is 6.18. The standard InChI is InChI=1S/C46H29N3/c1-2-8-36(9-3-1)49-43-13-7-6-11-38(43)42-29-35(23-25-44(42)49)33-20-16-31(17-21-33)30-14-18-32(19-15-30)34-22-24-40-41(28-34)37-10-4-5-12-39(37)45-46(40)48-27-26-47-45/h1-29H. The third-order valence-electron chi connectivity index (χ3n) is 9.90. The molecule has 0 N–H and O–H groups in total. The van der Waals surface area contributed by atoms with Crippen molar-refractivity contribution in [2.45, 2.75) is 0 Å². The van der Waals surface area contributed by atoms with Crippen LogP contribution in [0.2, 0.25) is 0 Å². The summed E-state index contributed by atoms with van der Waals surface area (Å²) in [6.45, 7) is 0. The fraction of sp³-hybridized carbons (Fsp3) is 0. The lowest BCUT2D eigenvalue weighted by Crippen LogP contribution is -1.92. The molecule has 0 fully saturated rings. The normalized spacial score (nSPS) is 11.7. The van der Waals surface area contributed by atoms with Gasteiger partial charge in [0.25, 0.3) is 0 Å². The molecule has 0 amide bonds. The Bertz CT molecular complexity index is 2810. The van der Waals surface area contributed by atoms with E-state index in [-0.39, 0.29) is 0 Å². The summed E-state index contributed by atoms with van der Waals surface area (Å²) in [6, 6.07) is 59.2. The Balaban J connectivity index is 0.980. The summed E-state index contributed by atoms with van der Waals surface area (Å²) in [5, 5.41) is 7.19. The quantitative estimate of drug-likeness (QED) is 0.183. The summed E-state index contributed by atoms with van der Waals surface area (Å²) in [5.74, 6) is 0.